The summed E-state index contributed by atoms with van der Waals surface area (Å²) in [4.78, 5) is 5.12. The first-order chi connectivity index (χ1) is 12.3. The normalized spacial score (nSPS) is 24.6. The monoisotopic (exact) mass is 336 g/mol. The van der Waals surface area contributed by atoms with E-state index in [1.807, 2.05) is 0 Å². The van der Waals surface area contributed by atoms with Crippen LogP contribution in [0, 0.1) is 12.8 Å². The molecule has 2 atom stereocenters. The first kappa shape index (κ1) is 16.6. The highest BCUT2D eigenvalue weighted by molar-refractivity contribution is 5.46. The van der Waals surface area contributed by atoms with E-state index in [0.29, 0.717) is 12.0 Å². The van der Waals surface area contributed by atoms with E-state index in [1.54, 1.807) is 0 Å². The van der Waals surface area contributed by atoms with Gasteiger partial charge in [0, 0.05) is 50.9 Å². The number of para-hydroxylation sites is 1. The van der Waals surface area contributed by atoms with Crippen molar-refractivity contribution in [2.45, 2.75) is 13.0 Å². The summed E-state index contributed by atoms with van der Waals surface area (Å²) in [6.45, 7) is 8.87. The van der Waals surface area contributed by atoms with E-state index in [1.165, 1.54) is 16.8 Å². The van der Waals surface area contributed by atoms with Crippen molar-refractivity contribution >= 4 is 5.69 Å². The molecule has 25 heavy (non-hydrogen) atoms. The van der Waals surface area contributed by atoms with E-state index in [2.05, 4.69) is 82.2 Å². The first-order valence-electron chi connectivity index (χ1n) is 9.37. The predicted octanol–water partition coefficient (Wildman–Crippen LogP) is 2.58. The van der Waals surface area contributed by atoms with Crippen molar-refractivity contribution in [3.8, 4) is 0 Å². The molecule has 0 amide bonds. The lowest BCUT2D eigenvalue weighted by Crippen LogP contribution is -2.48. The molecule has 2 unspecified atom stereocenters. The Morgan fingerprint density at radius 1 is 0.920 bits per heavy atom. The lowest BCUT2D eigenvalue weighted by atomic mass is 9.93. The number of nitrogens with zero attached hydrogens (tertiary/aromatic N) is 2. The van der Waals surface area contributed by atoms with Crippen molar-refractivity contribution in [3.05, 3.63) is 65.7 Å². The van der Waals surface area contributed by atoms with Gasteiger partial charge in [-0.3, -0.25) is 10.3 Å². The maximum atomic E-state index is 3.48. The molecule has 2 aromatic carbocycles. The number of piperazine rings is 1. The number of nitrogens with one attached hydrogen (secondary N) is 2. The fraction of sp³-hybridized carbons (Fsp3) is 0.429. The van der Waals surface area contributed by atoms with Gasteiger partial charge in [0.15, 0.2) is 0 Å². The molecular formula is C21H28N4. The molecule has 0 aromatic heterocycles. The summed E-state index contributed by atoms with van der Waals surface area (Å²) in [6, 6.07) is 20.1. The van der Waals surface area contributed by atoms with Gasteiger partial charge in [-0.05, 0) is 24.6 Å². The lowest BCUT2D eigenvalue weighted by molar-refractivity contribution is 0.214. The zero-order valence-electron chi connectivity index (χ0n) is 15.0. The molecule has 2 aliphatic heterocycles. The molecule has 2 aromatic rings. The van der Waals surface area contributed by atoms with Gasteiger partial charge in [0.2, 0.25) is 0 Å². The standard InChI is InChI=1S/C21H28N4/c1-17-7-9-18(10-8-17)21-19(15-22-23-21)16-24-11-13-25(14-12-24)20-5-3-2-4-6-20/h2-10,19,21-23H,11-16H2,1H3. The van der Waals surface area contributed by atoms with Crippen LogP contribution in [0.25, 0.3) is 0 Å². The highest BCUT2D eigenvalue weighted by Crippen LogP contribution is 2.26. The van der Waals surface area contributed by atoms with E-state index >= 15 is 0 Å². The van der Waals surface area contributed by atoms with E-state index in [-0.39, 0.29) is 0 Å². The molecule has 2 aliphatic rings. The van der Waals surface area contributed by atoms with E-state index in [0.717, 1.165) is 39.3 Å². The Labute approximate surface area is 150 Å². The quantitative estimate of drug-likeness (QED) is 0.898. The van der Waals surface area contributed by atoms with Crippen molar-refractivity contribution in [1.29, 1.82) is 0 Å². The minimum Gasteiger partial charge on any atom is -0.369 e. The smallest absolute Gasteiger partial charge is 0.0515 e. The van der Waals surface area contributed by atoms with Crippen LogP contribution in [-0.4, -0.2) is 44.2 Å². The van der Waals surface area contributed by atoms with Gasteiger partial charge in [0.1, 0.15) is 0 Å². The lowest BCUT2D eigenvalue weighted by Gasteiger charge is -2.37. The van der Waals surface area contributed by atoms with Gasteiger partial charge in [0.05, 0.1) is 6.04 Å². The zero-order chi connectivity index (χ0) is 17.1. The Hall–Kier alpha value is -1.88. The molecule has 0 spiro atoms. The van der Waals surface area contributed by atoms with E-state index < -0.39 is 0 Å². The number of anilines is 1. The molecule has 2 saturated heterocycles. The van der Waals surface area contributed by atoms with Gasteiger partial charge in [-0.2, -0.15) is 0 Å². The van der Waals surface area contributed by atoms with Crippen molar-refractivity contribution in [3.63, 3.8) is 0 Å². The third kappa shape index (κ3) is 3.87. The molecule has 0 bridgehead atoms. The SMILES string of the molecule is Cc1ccc(C2NNCC2CN2CCN(c3ccccc3)CC2)cc1. The summed E-state index contributed by atoms with van der Waals surface area (Å²) in [5, 5.41) is 0. The van der Waals surface area contributed by atoms with Crippen LogP contribution in [0.1, 0.15) is 17.2 Å². The molecule has 132 valence electrons. The highest BCUT2D eigenvalue weighted by atomic mass is 15.4. The Kier molecular flexibility index (Phi) is 5.02. The average Bonchev–Trinajstić information content (AvgIpc) is 3.12. The van der Waals surface area contributed by atoms with E-state index in [4.69, 9.17) is 0 Å². The van der Waals surface area contributed by atoms with Gasteiger partial charge in [-0.1, -0.05) is 48.0 Å². The predicted molar refractivity (Wildman–Crippen MR) is 104 cm³/mol. The number of benzene rings is 2. The fourth-order valence-corrected chi connectivity index (χ4v) is 3.99. The number of aryl methyl sites for hydroxylation is 1. The summed E-state index contributed by atoms with van der Waals surface area (Å²) >= 11 is 0. The summed E-state index contributed by atoms with van der Waals surface area (Å²) < 4.78 is 0. The second kappa shape index (κ2) is 7.56. The summed E-state index contributed by atoms with van der Waals surface area (Å²) in [5.41, 5.74) is 10.9. The summed E-state index contributed by atoms with van der Waals surface area (Å²) in [6.07, 6.45) is 0. The van der Waals surface area contributed by atoms with Gasteiger partial charge in [-0.25, -0.2) is 5.43 Å². The van der Waals surface area contributed by atoms with Crippen LogP contribution in [0.5, 0.6) is 0 Å². The van der Waals surface area contributed by atoms with Gasteiger partial charge in [0.25, 0.3) is 0 Å². The molecule has 0 saturated carbocycles. The molecular weight excluding hydrogens is 308 g/mol. The third-order valence-corrected chi connectivity index (χ3v) is 5.52. The Balaban J connectivity index is 1.34. The molecule has 4 heteroatoms. The summed E-state index contributed by atoms with van der Waals surface area (Å²) in [5.74, 6) is 0.617. The topological polar surface area (TPSA) is 30.5 Å². The van der Waals surface area contributed by atoms with Crippen molar-refractivity contribution in [2.75, 3.05) is 44.2 Å². The number of rotatable bonds is 4. The molecule has 2 N–H and O–H groups in total. The van der Waals surface area contributed by atoms with Crippen LogP contribution in [0.4, 0.5) is 5.69 Å². The number of hydrazine groups is 1. The van der Waals surface area contributed by atoms with Crippen molar-refractivity contribution in [2.24, 2.45) is 5.92 Å². The zero-order valence-corrected chi connectivity index (χ0v) is 15.0. The van der Waals surface area contributed by atoms with E-state index in [9.17, 15) is 0 Å². The highest BCUT2D eigenvalue weighted by Gasteiger charge is 2.30. The molecule has 4 nitrogen and oxygen atoms in total. The largest absolute Gasteiger partial charge is 0.369 e. The Morgan fingerprint density at radius 3 is 2.36 bits per heavy atom. The first-order valence-corrected chi connectivity index (χ1v) is 9.37. The Morgan fingerprint density at radius 2 is 1.64 bits per heavy atom. The molecule has 2 heterocycles. The fourth-order valence-electron chi connectivity index (χ4n) is 3.99. The van der Waals surface area contributed by atoms with Crippen LogP contribution >= 0.6 is 0 Å². The van der Waals surface area contributed by atoms with Gasteiger partial charge >= 0.3 is 0 Å². The van der Waals surface area contributed by atoms with Crippen LogP contribution in [0.3, 0.4) is 0 Å². The molecule has 0 aliphatic carbocycles. The number of hydrogen-bond acceptors (Lipinski definition) is 4. The van der Waals surface area contributed by atoms with Crippen LogP contribution < -0.4 is 15.8 Å². The van der Waals surface area contributed by atoms with Crippen LogP contribution in [0.15, 0.2) is 54.6 Å². The second-order valence-electron chi connectivity index (χ2n) is 7.30. The molecule has 4 rings (SSSR count). The molecule has 0 radical (unpaired) electrons. The van der Waals surface area contributed by atoms with Gasteiger partial charge in [-0.15, -0.1) is 0 Å². The second-order valence-corrected chi connectivity index (χ2v) is 7.30. The van der Waals surface area contributed by atoms with Crippen molar-refractivity contribution in [1.82, 2.24) is 15.8 Å². The average molecular weight is 336 g/mol. The number of hydrogen-bond donors (Lipinski definition) is 2. The van der Waals surface area contributed by atoms with Crippen LogP contribution in [0.2, 0.25) is 0 Å². The van der Waals surface area contributed by atoms with Gasteiger partial charge < -0.3 is 4.90 Å². The Bertz CT molecular complexity index is 662. The van der Waals surface area contributed by atoms with Crippen molar-refractivity contribution < 1.29 is 0 Å². The maximum Gasteiger partial charge on any atom is 0.0515 e. The minimum absolute atomic E-state index is 0.410. The third-order valence-electron chi connectivity index (χ3n) is 5.52. The van der Waals surface area contributed by atoms with Crippen LogP contribution in [-0.2, 0) is 0 Å². The maximum absolute atomic E-state index is 3.48. The minimum atomic E-state index is 0.410. The molecule has 2 fully saturated rings. The summed E-state index contributed by atoms with van der Waals surface area (Å²) in [7, 11) is 0.